The van der Waals surface area contributed by atoms with Crippen molar-refractivity contribution in [1.29, 1.82) is 0 Å². The lowest BCUT2D eigenvalue weighted by Crippen LogP contribution is -2.51. The van der Waals surface area contributed by atoms with Gasteiger partial charge in [0, 0.05) is 12.6 Å². The number of aryl methyl sites for hydroxylation is 2. The maximum absolute atomic E-state index is 13.2. The molecular formula is C25H34N2O3. The fraction of sp³-hybridized carbons (Fsp3) is 0.440. The molecule has 2 aromatic rings. The van der Waals surface area contributed by atoms with Gasteiger partial charge in [-0.2, -0.15) is 0 Å². The Hall–Kier alpha value is -2.82. The molecule has 0 aliphatic carbocycles. The first-order chi connectivity index (χ1) is 14.3. The average Bonchev–Trinajstić information content (AvgIpc) is 2.73. The van der Waals surface area contributed by atoms with E-state index in [2.05, 4.69) is 5.32 Å². The molecule has 0 saturated carbocycles. The normalized spacial score (nSPS) is 12.7. The number of benzene rings is 2. The number of amides is 2. The van der Waals surface area contributed by atoms with Crippen LogP contribution < -0.4 is 10.1 Å². The van der Waals surface area contributed by atoms with E-state index in [9.17, 15) is 9.59 Å². The second-order valence-corrected chi connectivity index (χ2v) is 7.81. The first-order valence-corrected chi connectivity index (χ1v) is 10.7. The topological polar surface area (TPSA) is 58.6 Å². The zero-order valence-electron chi connectivity index (χ0n) is 18.8. The molecule has 0 spiro atoms. The molecule has 0 bridgehead atoms. The van der Waals surface area contributed by atoms with Gasteiger partial charge in [0.05, 0.1) is 0 Å². The SMILES string of the molecule is CC[C@@H](C)NC(=O)[C@H](CC)N(Cc1ccccc1)C(=O)COc1ccc(C)cc1C. The Morgan fingerprint density at radius 2 is 1.73 bits per heavy atom. The van der Waals surface area contributed by atoms with Crippen molar-refractivity contribution < 1.29 is 14.3 Å². The van der Waals surface area contributed by atoms with Gasteiger partial charge in [0.1, 0.15) is 11.8 Å². The number of ether oxygens (including phenoxy) is 1. The minimum Gasteiger partial charge on any atom is -0.483 e. The highest BCUT2D eigenvalue weighted by Gasteiger charge is 2.29. The summed E-state index contributed by atoms with van der Waals surface area (Å²) in [5.41, 5.74) is 3.11. The Morgan fingerprint density at radius 3 is 2.33 bits per heavy atom. The summed E-state index contributed by atoms with van der Waals surface area (Å²) in [5.74, 6) is 0.360. The van der Waals surface area contributed by atoms with Crippen molar-refractivity contribution >= 4 is 11.8 Å². The molecule has 0 aromatic heterocycles. The number of nitrogens with one attached hydrogen (secondary N) is 1. The fourth-order valence-electron chi connectivity index (χ4n) is 3.32. The molecule has 5 nitrogen and oxygen atoms in total. The number of carbonyl (C=O) groups is 2. The Bertz CT molecular complexity index is 836. The zero-order chi connectivity index (χ0) is 22.1. The molecule has 2 rings (SSSR count). The molecule has 162 valence electrons. The monoisotopic (exact) mass is 410 g/mol. The molecule has 2 amide bonds. The first-order valence-electron chi connectivity index (χ1n) is 10.7. The van der Waals surface area contributed by atoms with Crippen LogP contribution in [0.3, 0.4) is 0 Å². The lowest BCUT2D eigenvalue weighted by Gasteiger charge is -2.31. The second kappa shape index (κ2) is 11.4. The maximum Gasteiger partial charge on any atom is 0.261 e. The van der Waals surface area contributed by atoms with E-state index in [0.29, 0.717) is 18.7 Å². The van der Waals surface area contributed by atoms with Gasteiger partial charge in [-0.15, -0.1) is 0 Å². The third-order valence-electron chi connectivity index (χ3n) is 5.26. The fourth-order valence-corrected chi connectivity index (χ4v) is 3.32. The molecule has 30 heavy (non-hydrogen) atoms. The quantitative estimate of drug-likeness (QED) is 0.631. The van der Waals surface area contributed by atoms with Gasteiger partial charge in [0.15, 0.2) is 6.61 Å². The molecule has 0 aliphatic heterocycles. The predicted octanol–water partition coefficient (Wildman–Crippen LogP) is 4.40. The summed E-state index contributed by atoms with van der Waals surface area (Å²) in [6.45, 7) is 10.2. The van der Waals surface area contributed by atoms with Crippen LogP contribution in [0.2, 0.25) is 0 Å². The third-order valence-corrected chi connectivity index (χ3v) is 5.26. The minimum atomic E-state index is -0.547. The van der Waals surface area contributed by atoms with Gasteiger partial charge in [-0.3, -0.25) is 9.59 Å². The third kappa shape index (κ3) is 6.61. The van der Waals surface area contributed by atoms with Gasteiger partial charge in [-0.05, 0) is 50.8 Å². The molecule has 5 heteroatoms. The molecule has 2 aromatic carbocycles. The van der Waals surface area contributed by atoms with Crippen LogP contribution in [-0.2, 0) is 16.1 Å². The highest BCUT2D eigenvalue weighted by Crippen LogP contribution is 2.19. The average molecular weight is 411 g/mol. The van der Waals surface area contributed by atoms with E-state index in [-0.39, 0.29) is 24.5 Å². The van der Waals surface area contributed by atoms with Gasteiger partial charge >= 0.3 is 0 Å². The molecule has 0 unspecified atom stereocenters. The van der Waals surface area contributed by atoms with Crippen LogP contribution in [-0.4, -0.2) is 35.4 Å². The first kappa shape index (κ1) is 23.5. The number of carbonyl (C=O) groups excluding carboxylic acids is 2. The summed E-state index contributed by atoms with van der Waals surface area (Å²) >= 11 is 0. The summed E-state index contributed by atoms with van der Waals surface area (Å²) in [6, 6.07) is 15.1. The van der Waals surface area contributed by atoms with Gasteiger partial charge in [-0.25, -0.2) is 0 Å². The summed E-state index contributed by atoms with van der Waals surface area (Å²) < 4.78 is 5.83. The summed E-state index contributed by atoms with van der Waals surface area (Å²) in [7, 11) is 0. The van der Waals surface area contributed by atoms with E-state index >= 15 is 0 Å². The van der Waals surface area contributed by atoms with Gasteiger partial charge in [-0.1, -0.05) is 61.9 Å². The Morgan fingerprint density at radius 1 is 1.03 bits per heavy atom. The van der Waals surface area contributed by atoms with Crippen LogP contribution in [0.15, 0.2) is 48.5 Å². The Kier molecular flexibility index (Phi) is 8.90. The van der Waals surface area contributed by atoms with Crippen LogP contribution >= 0.6 is 0 Å². The van der Waals surface area contributed by atoms with Gasteiger partial charge in [0.25, 0.3) is 5.91 Å². The molecule has 0 radical (unpaired) electrons. The van der Waals surface area contributed by atoms with Crippen LogP contribution in [0, 0.1) is 13.8 Å². The molecule has 0 fully saturated rings. The van der Waals surface area contributed by atoms with Crippen molar-refractivity contribution in [2.24, 2.45) is 0 Å². The Balaban J connectivity index is 2.20. The van der Waals surface area contributed by atoms with E-state index in [1.165, 1.54) is 0 Å². The highest BCUT2D eigenvalue weighted by molar-refractivity contribution is 5.88. The van der Waals surface area contributed by atoms with Crippen molar-refractivity contribution in [3.63, 3.8) is 0 Å². The standard InChI is InChI=1S/C25H34N2O3/c1-6-20(5)26-25(29)22(7-2)27(16-21-11-9-8-10-12-21)24(28)17-30-23-14-13-18(3)15-19(23)4/h8-15,20,22H,6-7,16-17H2,1-5H3,(H,26,29)/t20-,22+/m1/s1. The van der Waals surface area contributed by atoms with Crippen molar-refractivity contribution in [3.8, 4) is 5.75 Å². The molecule has 1 N–H and O–H groups in total. The van der Waals surface area contributed by atoms with E-state index < -0.39 is 6.04 Å². The molecule has 2 atom stereocenters. The lowest BCUT2D eigenvalue weighted by atomic mass is 10.1. The highest BCUT2D eigenvalue weighted by atomic mass is 16.5. The Labute approximate surface area is 180 Å². The van der Waals surface area contributed by atoms with Crippen LogP contribution in [0.4, 0.5) is 0 Å². The molecule has 0 aliphatic rings. The maximum atomic E-state index is 13.2. The zero-order valence-corrected chi connectivity index (χ0v) is 18.8. The largest absolute Gasteiger partial charge is 0.483 e. The predicted molar refractivity (Wildman–Crippen MR) is 120 cm³/mol. The van der Waals surface area contributed by atoms with E-state index in [0.717, 1.165) is 23.1 Å². The lowest BCUT2D eigenvalue weighted by molar-refractivity contribution is -0.143. The number of nitrogens with zero attached hydrogens (tertiary/aromatic N) is 1. The van der Waals surface area contributed by atoms with Crippen LogP contribution in [0.1, 0.15) is 50.3 Å². The van der Waals surface area contributed by atoms with Crippen molar-refractivity contribution in [2.45, 2.75) is 66.1 Å². The van der Waals surface area contributed by atoms with Gasteiger partial charge in [0.2, 0.25) is 5.91 Å². The summed E-state index contributed by atoms with van der Waals surface area (Å²) in [4.78, 5) is 27.7. The van der Waals surface area contributed by atoms with Crippen molar-refractivity contribution in [3.05, 3.63) is 65.2 Å². The number of hydrogen-bond donors (Lipinski definition) is 1. The second-order valence-electron chi connectivity index (χ2n) is 7.81. The van der Waals surface area contributed by atoms with E-state index in [1.54, 1.807) is 4.90 Å². The molecule has 0 saturated heterocycles. The number of hydrogen-bond acceptors (Lipinski definition) is 3. The summed E-state index contributed by atoms with van der Waals surface area (Å²) in [5, 5.41) is 3.02. The minimum absolute atomic E-state index is 0.0617. The van der Waals surface area contributed by atoms with Crippen molar-refractivity contribution in [1.82, 2.24) is 10.2 Å². The van der Waals surface area contributed by atoms with Crippen molar-refractivity contribution in [2.75, 3.05) is 6.61 Å². The van der Waals surface area contributed by atoms with E-state index in [1.807, 2.05) is 83.1 Å². The number of rotatable bonds is 10. The smallest absolute Gasteiger partial charge is 0.261 e. The molecule has 0 heterocycles. The van der Waals surface area contributed by atoms with Crippen LogP contribution in [0.5, 0.6) is 5.75 Å². The summed E-state index contributed by atoms with van der Waals surface area (Å²) in [6.07, 6.45) is 1.37. The van der Waals surface area contributed by atoms with Crippen LogP contribution in [0.25, 0.3) is 0 Å². The van der Waals surface area contributed by atoms with Gasteiger partial charge < -0.3 is 15.0 Å². The van der Waals surface area contributed by atoms with E-state index in [4.69, 9.17) is 4.74 Å². The molecular weight excluding hydrogens is 376 g/mol.